The van der Waals surface area contributed by atoms with Gasteiger partial charge in [-0.1, -0.05) is 30.4 Å². The molecule has 2 aromatic rings. The van der Waals surface area contributed by atoms with Gasteiger partial charge in [0.25, 0.3) is 0 Å². The fourth-order valence-electron chi connectivity index (χ4n) is 3.01. The number of esters is 1. The number of benzene rings is 1. The maximum Gasteiger partial charge on any atom is 0.433 e. The van der Waals surface area contributed by atoms with Gasteiger partial charge in [-0.05, 0) is 44.6 Å². The predicted molar refractivity (Wildman–Crippen MR) is 120 cm³/mol. The van der Waals surface area contributed by atoms with Crippen molar-refractivity contribution in [1.82, 2.24) is 9.78 Å². The molecule has 2 rings (SSSR count). The first-order valence-electron chi connectivity index (χ1n) is 10.1. The summed E-state index contributed by atoms with van der Waals surface area (Å²) in [6.45, 7) is 3.68. The lowest BCUT2D eigenvalue weighted by Crippen LogP contribution is -2.21. The minimum atomic E-state index is -4.91. The van der Waals surface area contributed by atoms with Gasteiger partial charge in [0.1, 0.15) is 18.1 Å². The van der Waals surface area contributed by atoms with Crippen LogP contribution < -0.4 is 0 Å². The van der Waals surface area contributed by atoms with E-state index in [1.54, 1.807) is 6.92 Å². The van der Waals surface area contributed by atoms with E-state index < -0.39 is 45.6 Å². The van der Waals surface area contributed by atoms with E-state index in [0.29, 0.717) is 4.68 Å². The summed E-state index contributed by atoms with van der Waals surface area (Å²) >= 11 is 0. The number of ether oxygens (including phenoxy) is 1. The number of sulfone groups is 1. The van der Waals surface area contributed by atoms with Gasteiger partial charge in [0, 0.05) is 17.4 Å². The number of allylic oxidation sites excluding steroid dienone is 5. The smallest absolute Gasteiger partial charge is 0.433 e. The van der Waals surface area contributed by atoms with Crippen LogP contribution in [0, 0.1) is 0 Å². The zero-order valence-corrected chi connectivity index (χ0v) is 19.8. The Bertz CT molecular complexity index is 1240. The second kappa shape index (κ2) is 10.8. The summed E-state index contributed by atoms with van der Waals surface area (Å²) in [5.41, 5.74) is -1.54. The van der Waals surface area contributed by atoms with Crippen LogP contribution in [0.1, 0.15) is 32.0 Å². The molecule has 0 aliphatic rings. The lowest BCUT2D eigenvalue weighted by Gasteiger charge is -2.11. The zero-order chi connectivity index (χ0) is 25.7. The Kier molecular flexibility index (Phi) is 8.60. The second-order valence-corrected chi connectivity index (χ2v) is 9.25. The van der Waals surface area contributed by atoms with Gasteiger partial charge in [0.15, 0.2) is 15.5 Å². The average Bonchev–Trinajstić information content (AvgIpc) is 3.10. The van der Waals surface area contributed by atoms with Gasteiger partial charge in [-0.15, -0.1) is 0 Å². The Balaban J connectivity index is 2.77. The number of halogens is 4. The third-order valence-electron chi connectivity index (χ3n) is 4.59. The van der Waals surface area contributed by atoms with Crippen molar-refractivity contribution in [2.45, 2.75) is 38.4 Å². The molecule has 1 aromatic heterocycles. The lowest BCUT2D eigenvalue weighted by atomic mass is 10.0. The van der Waals surface area contributed by atoms with Crippen molar-refractivity contribution >= 4 is 21.9 Å². The Morgan fingerprint density at radius 3 is 2.29 bits per heavy atom. The topological polar surface area (TPSA) is 78.3 Å². The van der Waals surface area contributed by atoms with Gasteiger partial charge < -0.3 is 4.74 Å². The molecule has 0 saturated heterocycles. The third kappa shape index (κ3) is 6.66. The van der Waals surface area contributed by atoms with E-state index in [0.717, 1.165) is 12.3 Å². The highest BCUT2D eigenvalue weighted by Crippen LogP contribution is 2.38. The maximum absolute atomic E-state index is 14.1. The first-order valence-corrected chi connectivity index (χ1v) is 12.0. The molecular weight excluding hydrogens is 476 g/mol. The van der Waals surface area contributed by atoms with E-state index in [4.69, 9.17) is 4.74 Å². The molecule has 0 bridgehead atoms. The van der Waals surface area contributed by atoms with Crippen LogP contribution in [0.5, 0.6) is 0 Å². The van der Waals surface area contributed by atoms with Crippen molar-refractivity contribution < 1.29 is 35.5 Å². The maximum atomic E-state index is 14.1. The largest absolute Gasteiger partial charge is 0.465 e. The van der Waals surface area contributed by atoms with Crippen LogP contribution >= 0.6 is 0 Å². The standard InChI is InChI=1S/C23H24F4N2O4S/c1-5-7-19(24)15(3)8-13-18-21(16-9-11-17(12-10-16)34(4,31)32)28-29(14-20(30)33-6-2)22(18)23(25,26)27/h5,7-13H,6,14H2,1-4H3/b7-5-,13-8+,19-15+. The highest BCUT2D eigenvalue weighted by Gasteiger charge is 2.40. The lowest BCUT2D eigenvalue weighted by molar-refractivity contribution is -0.149. The Labute approximate surface area is 195 Å². The molecule has 34 heavy (non-hydrogen) atoms. The molecule has 0 fully saturated rings. The molecule has 0 spiro atoms. The summed E-state index contributed by atoms with van der Waals surface area (Å²) in [6.07, 6.45) is 0.934. The highest BCUT2D eigenvalue weighted by molar-refractivity contribution is 7.90. The molecule has 6 nitrogen and oxygen atoms in total. The molecule has 0 amide bonds. The van der Waals surface area contributed by atoms with Gasteiger partial charge in [0.2, 0.25) is 0 Å². The molecule has 1 aromatic carbocycles. The van der Waals surface area contributed by atoms with Gasteiger partial charge in [-0.3, -0.25) is 4.79 Å². The number of carbonyl (C=O) groups is 1. The van der Waals surface area contributed by atoms with Crippen molar-refractivity contribution in [2.75, 3.05) is 12.9 Å². The molecule has 0 aliphatic heterocycles. The van der Waals surface area contributed by atoms with Crippen molar-refractivity contribution in [2.24, 2.45) is 0 Å². The van der Waals surface area contributed by atoms with Crippen LogP contribution in [0.3, 0.4) is 0 Å². The van der Waals surface area contributed by atoms with Crippen LogP contribution in [0.2, 0.25) is 0 Å². The molecule has 11 heteroatoms. The molecule has 0 atom stereocenters. The van der Waals surface area contributed by atoms with E-state index >= 15 is 0 Å². The normalized spacial score (nSPS) is 13.5. The fourth-order valence-corrected chi connectivity index (χ4v) is 3.65. The van der Waals surface area contributed by atoms with Crippen molar-refractivity contribution in [3.63, 3.8) is 0 Å². The number of hydrogen-bond donors (Lipinski definition) is 0. The number of rotatable bonds is 8. The van der Waals surface area contributed by atoms with Gasteiger partial charge >= 0.3 is 12.1 Å². The number of hydrogen-bond acceptors (Lipinski definition) is 5. The van der Waals surface area contributed by atoms with Gasteiger partial charge in [-0.2, -0.15) is 18.3 Å². The summed E-state index contributed by atoms with van der Waals surface area (Å²) in [7, 11) is -3.53. The minimum Gasteiger partial charge on any atom is -0.465 e. The van der Waals surface area contributed by atoms with E-state index in [1.165, 1.54) is 56.3 Å². The summed E-state index contributed by atoms with van der Waals surface area (Å²) in [4.78, 5) is 11.9. The molecule has 0 N–H and O–H groups in total. The Morgan fingerprint density at radius 1 is 1.18 bits per heavy atom. The van der Waals surface area contributed by atoms with Crippen LogP contribution in [-0.2, 0) is 32.1 Å². The minimum absolute atomic E-state index is 0.0254. The summed E-state index contributed by atoms with van der Waals surface area (Å²) in [5, 5.41) is 3.99. The molecular formula is C23H24F4N2O4S. The zero-order valence-electron chi connectivity index (χ0n) is 19.0. The quantitative estimate of drug-likeness (QED) is 0.277. The first-order chi connectivity index (χ1) is 15.8. The Morgan fingerprint density at radius 2 is 1.79 bits per heavy atom. The summed E-state index contributed by atoms with van der Waals surface area (Å²) < 4.78 is 85.0. The summed E-state index contributed by atoms with van der Waals surface area (Å²) in [6, 6.07) is 5.11. The second-order valence-electron chi connectivity index (χ2n) is 7.23. The van der Waals surface area contributed by atoms with Gasteiger partial charge in [-0.25, -0.2) is 17.5 Å². The highest BCUT2D eigenvalue weighted by atomic mass is 32.2. The fraction of sp³-hybridized carbons (Fsp3) is 0.304. The van der Waals surface area contributed by atoms with Crippen LogP contribution in [0.25, 0.3) is 17.3 Å². The summed E-state index contributed by atoms with van der Waals surface area (Å²) in [5.74, 6) is -1.55. The number of alkyl halides is 3. The van der Waals surface area contributed by atoms with E-state index in [9.17, 15) is 30.8 Å². The predicted octanol–water partition coefficient (Wildman–Crippen LogP) is 5.37. The van der Waals surface area contributed by atoms with Crippen LogP contribution in [0.4, 0.5) is 17.6 Å². The van der Waals surface area contributed by atoms with Crippen molar-refractivity contribution in [3.8, 4) is 11.3 Å². The van der Waals surface area contributed by atoms with Gasteiger partial charge in [0.05, 0.1) is 11.5 Å². The van der Waals surface area contributed by atoms with Crippen molar-refractivity contribution in [3.05, 3.63) is 65.2 Å². The molecule has 0 radical (unpaired) electrons. The van der Waals surface area contributed by atoms with Crippen LogP contribution in [0.15, 0.2) is 58.8 Å². The van der Waals surface area contributed by atoms with E-state index in [2.05, 4.69) is 5.10 Å². The monoisotopic (exact) mass is 500 g/mol. The number of nitrogens with zero attached hydrogens (tertiary/aromatic N) is 2. The first kappa shape index (κ1) is 27.0. The SMILES string of the molecule is C\C=C/C(F)=C(C)\C=C\c1c(-c2ccc(S(C)(=O)=O)cc2)nn(CC(=O)OCC)c1C(F)(F)F. The number of carbonyl (C=O) groups excluding carboxylic acids is 1. The molecule has 0 unspecified atom stereocenters. The third-order valence-corrected chi connectivity index (χ3v) is 5.72. The van der Waals surface area contributed by atoms with E-state index in [-0.39, 0.29) is 28.3 Å². The Hall–Kier alpha value is -3.21. The number of aromatic nitrogens is 2. The molecule has 184 valence electrons. The molecule has 0 aliphatic carbocycles. The average molecular weight is 501 g/mol. The van der Waals surface area contributed by atoms with E-state index in [1.807, 2.05) is 0 Å². The molecule has 1 heterocycles. The van der Waals surface area contributed by atoms with Crippen molar-refractivity contribution in [1.29, 1.82) is 0 Å². The molecule has 0 saturated carbocycles. The van der Waals surface area contributed by atoms with Crippen LogP contribution in [-0.4, -0.2) is 37.0 Å².